The lowest BCUT2D eigenvalue weighted by molar-refractivity contribution is 0.318. The Morgan fingerprint density at radius 1 is 1.33 bits per heavy atom. The SMILES string of the molecule is [C-]#[N+]/C=C(\OC[N+]#[C-])c1ccc(Cl)cc1. The monoisotopic (exact) mass is 218 g/mol. The topological polar surface area (TPSA) is 17.9 Å². The fourth-order valence-electron chi connectivity index (χ4n) is 0.970. The van der Waals surface area contributed by atoms with Crippen LogP contribution in [-0.4, -0.2) is 6.73 Å². The highest BCUT2D eigenvalue weighted by Gasteiger charge is 2.02. The van der Waals surface area contributed by atoms with Crippen LogP contribution < -0.4 is 0 Å². The van der Waals surface area contributed by atoms with E-state index in [2.05, 4.69) is 9.69 Å². The van der Waals surface area contributed by atoms with Gasteiger partial charge in [0.2, 0.25) is 0 Å². The Balaban J connectivity index is 2.92. The number of benzene rings is 1. The molecule has 74 valence electrons. The fraction of sp³-hybridized carbons (Fsp3) is 0.0909. The lowest BCUT2D eigenvalue weighted by atomic mass is 10.2. The van der Waals surface area contributed by atoms with Gasteiger partial charge in [-0.25, -0.2) is 11.4 Å². The van der Waals surface area contributed by atoms with Crippen LogP contribution in [0.1, 0.15) is 5.56 Å². The first kappa shape index (κ1) is 11.1. The molecule has 0 aromatic heterocycles. The second-order valence-electron chi connectivity index (χ2n) is 2.56. The summed E-state index contributed by atoms with van der Waals surface area (Å²) in [5.74, 6) is 0.387. The van der Waals surface area contributed by atoms with Gasteiger partial charge in [0.1, 0.15) is 5.76 Å². The van der Waals surface area contributed by atoms with Gasteiger partial charge in [0.15, 0.2) is 6.20 Å². The maximum Gasteiger partial charge on any atom is 0.356 e. The average Bonchev–Trinajstić information content (AvgIpc) is 2.25. The predicted octanol–water partition coefficient (Wildman–Crippen LogP) is 3.45. The summed E-state index contributed by atoms with van der Waals surface area (Å²) in [4.78, 5) is 6.17. The van der Waals surface area contributed by atoms with E-state index >= 15 is 0 Å². The molecule has 0 aliphatic carbocycles. The zero-order chi connectivity index (χ0) is 11.1. The molecule has 0 aliphatic heterocycles. The smallest absolute Gasteiger partial charge is 0.356 e. The van der Waals surface area contributed by atoms with Crippen LogP contribution in [0.5, 0.6) is 0 Å². The number of nitrogens with zero attached hydrogens (tertiary/aromatic N) is 2. The molecule has 0 spiro atoms. The predicted molar refractivity (Wildman–Crippen MR) is 58.6 cm³/mol. The molecule has 0 N–H and O–H groups in total. The molecule has 0 bridgehead atoms. The van der Waals surface area contributed by atoms with Crippen molar-refractivity contribution in [3.8, 4) is 0 Å². The highest BCUT2D eigenvalue weighted by atomic mass is 35.5. The van der Waals surface area contributed by atoms with Gasteiger partial charge in [0.25, 0.3) is 0 Å². The van der Waals surface area contributed by atoms with Gasteiger partial charge in [0.05, 0.1) is 6.57 Å². The molecule has 0 aliphatic rings. The van der Waals surface area contributed by atoms with E-state index in [4.69, 9.17) is 29.5 Å². The molecule has 0 radical (unpaired) electrons. The minimum absolute atomic E-state index is 0.0933. The maximum atomic E-state index is 6.73. The minimum atomic E-state index is -0.0933. The molecule has 1 rings (SSSR count). The lowest BCUT2D eigenvalue weighted by Gasteiger charge is -2.04. The van der Waals surface area contributed by atoms with Gasteiger partial charge in [0, 0.05) is 10.6 Å². The molecule has 3 nitrogen and oxygen atoms in total. The molecule has 0 unspecified atom stereocenters. The molecule has 1 aromatic rings. The van der Waals surface area contributed by atoms with E-state index < -0.39 is 0 Å². The van der Waals surface area contributed by atoms with Gasteiger partial charge in [-0.2, -0.15) is 0 Å². The van der Waals surface area contributed by atoms with E-state index in [1.807, 2.05) is 0 Å². The quantitative estimate of drug-likeness (QED) is 0.561. The van der Waals surface area contributed by atoms with Crippen molar-refractivity contribution in [3.05, 3.63) is 63.9 Å². The lowest BCUT2D eigenvalue weighted by Crippen LogP contribution is -1.90. The van der Waals surface area contributed by atoms with E-state index in [1.165, 1.54) is 6.20 Å². The Hall–Kier alpha value is -1.97. The van der Waals surface area contributed by atoms with Crippen LogP contribution in [0.25, 0.3) is 15.4 Å². The van der Waals surface area contributed by atoms with Crippen LogP contribution in [0.4, 0.5) is 0 Å². The summed E-state index contributed by atoms with van der Waals surface area (Å²) in [5.41, 5.74) is 0.735. The Kier molecular flexibility index (Phi) is 4.22. The fourth-order valence-corrected chi connectivity index (χ4v) is 1.10. The molecule has 4 heteroatoms. The van der Waals surface area contributed by atoms with Crippen LogP contribution in [-0.2, 0) is 4.74 Å². The molecular weight excluding hydrogens is 212 g/mol. The summed E-state index contributed by atoms with van der Waals surface area (Å²) in [6, 6.07) is 6.89. The average molecular weight is 219 g/mol. The van der Waals surface area contributed by atoms with E-state index in [1.54, 1.807) is 24.3 Å². The third-order valence-corrected chi connectivity index (χ3v) is 1.85. The second kappa shape index (κ2) is 5.70. The standard InChI is InChI=1S/C11H7ClN2O/c1-13-7-11(15-8-14-2)9-3-5-10(12)6-4-9/h3-7H,8H2/b11-7-. The van der Waals surface area contributed by atoms with E-state index in [0.29, 0.717) is 10.8 Å². The van der Waals surface area contributed by atoms with E-state index in [-0.39, 0.29) is 6.73 Å². The van der Waals surface area contributed by atoms with Crippen LogP contribution in [0.2, 0.25) is 5.02 Å². The summed E-state index contributed by atoms with van der Waals surface area (Å²) in [6.45, 7) is 13.2. The van der Waals surface area contributed by atoms with Crippen LogP contribution in [0.15, 0.2) is 30.5 Å². The Labute approximate surface area is 93.2 Å². The first-order valence-corrected chi connectivity index (χ1v) is 4.44. The Morgan fingerprint density at radius 3 is 2.53 bits per heavy atom. The number of hydrogen-bond acceptors (Lipinski definition) is 1. The van der Waals surface area contributed by atoms with Crippen molar-refractivity contribution in [2.24, 2.45) is 0 Å². The number of halogens is 1. The highest BCUT2D eigenvalue weighted by molar-refractivity contribution is 6.30. The van der Waals surface area contributed by atoms with Crippen LogP contribution >= 0.6 is 11.6 Å². The van der Waals surface area contributed by atoms with Crippen molar-refractivity contribution in [1.82, 2.24) is 0 Å². The zero-order valence-electron chi connectivity index (χ0n) is 7.77. The van der Waals surface area contributed by atoms with Gasteiger partial charge in [-0.1, -0.05) is 23.7 Å². The molecule has 0 heterocycles. The Bertz CT molecular complexity index is 437. The van der Waals surface area contributed by atoms with E-state index in [0.717, 1.165) is 5.56 Å². The van der Waals surface area contributed by atoms with Crippen LogP contribution in [0, 0.1) is 13.1 Å². The molecule has 0 atom stereocenters. The highest BCUT2D eigenvalue weighted by Crippen LogP contribution is 2.18. The normalized spacial score (nSPS) is 10.2. The van der Waals surface area contributed by atoms with Crippen molar-refractivity contribution in [2.45, 2.75) is 0 Å². The van der Waals surface area contributed by atoms with Crippen molar-refractivity contribution < 1.29 is 4.74 Å². The number of ether oxygens (including phenoxy) is 1. The molecule has 1 aromatic carbocycles. The van der Waals surface area contributed by atoms with Gasteiger partial charge in [-0.3, -0.25) is 4.85 Å². The Morgan fingerprint density at radius 2 is 2.00 bits per heavy atom. The third kappa shape index (κ3) is 3.34. The number of hydrogen-bond donors (Lipinski definition) is 0. The summed E-state index contributed by atoms with van der Waals surface area (Å²) in [5, 5.41) is 0.617. The molecular formula is C11H7ClN2O. The summed E-state index contributed by atoms with van der Waals surface area (Å²) in [7, 11) is 0. The van der Waals surface area contributed by atoms with Gasteiger partial charge in [-0.15, -0.1) is 0 Å². The first-order valence-electron chi connectivity index (χ1n) is 4.06. The van der Waals surface area contributed by atoms with Gasteiger partial charge in [-0.05, 0) is 12.1 Å². The van der Waals surface area contributed by atoms with Crippen molar-refractivity contribution in [1.29, 1.82) is 0 Å². The van der Waals surface area contributed by atoms with Crippen molar-refractivity contribution in [2.75, 3.05) is 6.73 Å². The van der Waals surface area contributed by atoms with Gasteiger partial charge < -0.3 is 4.74 Å². The van der Waals surface area contributed by atoms with E-state index in [9.17, 15) is 0 Å². The van der Waals surface area contributed by atoms with Crippen molar-refractivity contribution >= 4 is 17.4 Å². The molecule has 0 saturated carbocycles. The molecule has 0 amide bonds. The summed E-state index contributed by atoms with van der Waals surface area (Å²) in [6.07, 6.45) is 1.24. The number of rotatable bonds is 3. The van der Waals surface area contributed by atoms with Crippen molar-refractivity contribution in [3.63, 3.8) is 0 Å². The largest absolute Gasteiger partial charge is 0.438 e. The molecule has 0 fully saturated rings. The minimum Gasteiger partial charge on any atom is -0.438 e. The maximum absolute atomic E-state index is 6.73. The molecule has 0 saturated heterocycles. The van der Waals surface area contributed by atoms with Gasteiger partial charge >= 0.3 is 6.73 Å². The van der Waals surface area contributed by atoms with Crippen LogP contribution in [0.3, 0.4) is 0 Å². The third-order valence-electron chi connectivity index (χ3n) is 1.60. The summed E-state index contributed by atoms with van der Waals surface area (Å²) < 4.78 is 5.11. The molecule has 15 heavy (non-hydrogen) atoms. The summed E-state index contributed by atoms with van der Waals surface area (Å²) >= 11 is 5.73. The first-order chi connectivity index (χ1) is 7.27. The second-order valence-corrected chi connectivity index (χ2v) is 3.00. The zero-order valence-corrected chi connectivity index (χ0v) is 8.53.